The lowest BCUT2D eigenvalue weighted by atomic mass is 9.94. The number of aromatic nitrogens is 4. The van der Waals surface area contributed by atoms with Gasteiger partial charge in [0.2, 0.25) is 0 Å². The van der Waals surface area contributed by atoms with Gasteiger partial charge in [-0.05, 0) is 108 Å². The van der Waals surface area contributed by atoms with Crippen LogP contribution in [0.5, 0.6) is 0 Å². The highest BCUT2D eigenvalue weighted by molar-refractivity contribution is 6.12. The molecule has 1 aliphatic rings. The Morgan fingerprint density at radius 2 is 0.938 bits per heavy atom. The molecular weight excluding hydrogens is 791 g/mol. The van der Waals surface area contributed by atoms with Crippen LogP contribution in [0.15, 0.2) is 219 Å². The van der Waals surface area contributed by atoms with Crippen molar-refractivity contribution in [2.24, 2.45) is 0 Å². The summed E-state index contributed by atoms with van der Waals surface area (Å²) in [6, 6.07) is 74.3. The van der Waals surface area contributed by atoms with Crippen LogP contribution in [0.3, 0.4) is 0 Å². The molecule has 13 rings (SSSR count). The van der Waals surface area contributed by atoms with Crippen molar-refractivity contribution >= 4 is 65.8 Å². The molecule has 0 saturated carbocycles. The van der Waals surface area contributed by atoms with Crippen LogP contribution >= 0.6 is 0 Å². The van der Waals surface area contributed by atoms with Crippen LogP contribution in [-0.4, -0.2) is 32.7 Å². The minimum atomic E-state index is 0.837. The van der Waals surface area contributed by atoms with Gasteiger partial charge in [0, 0.05) is 86.0 Å². The molecule has 306 valence electrons. The molecule has 65 heavy (non-hydrogen) atoms. The summed E-state index contributed by atoms with van der Waals surface area (Å²) in [5.74, 6) is 0. The Kier molecular flexibility index (Phi) is 8.43. The van der Waals surface area contributed by atoms with Gasteiger partial charge in [0.1, 0.15) is 0 Å². The van der Waals surface area contributed by atoms with E-state index in [0.717, 1.165) is 68.0 Å². The SMILES string of the molecule is CN1CC=C(c2ccc(-c3cc(-c4ccc5c(c4)c4ccccc4n5-c4ccccc4)nc4ccc(-c5ccc6c(c5)c5ccccc5n6-c5ccccc5)cc34)cn2)c2ccccc21. The molecule has 0 unspecified atom stereocenters. The summed E-state index contributed by atoms with van der Waals surface area (Å²) in [7, 11) is 2.14. The van der Waals surface area contributed by atoms with E-state index in [1.54, 1.807) is 0 Å². The number of anilines is 1. The zero-order valence-corrected chi connectivity index (χ0v) is 35.7. The number of hydrogen-bond acceptors (Lipinski definition) is 3. The average Bonchev–Trinajstić information content (AvgIpc) is 3.89. The molecule has 0 aliphatic carbocycles. The van der Waals surface area contributed by atoms with E-state index in [-0.39, 0.29) is 0 Å². The highest BCUT2D eigenvalue weighted by Crippen LogP contribution is 2.41. The normalized spacial score (nSPS) is 12.7. The summed E-state index contributed by atoms with van der Waals surface area (Å²) < 4.78 is 4.73. The molecule has 0 amide bonds. The lowest BCUT2D eigenvalue weighted by Crippen LogP contribution is -2.22. The predicted molar refractivity (Wildman–Crippen MR) is 271 cm³/mol. The monoisotopic (exact) mass is 831 g/mol. The molecule has 0 bridgehead atoms. The predicted octanol–water partition coefficient (Wildman–Crippen LogP) is 14.7. The number of rotatable bonds is 6. The number of nitrogens with zero attached hydrogens (tertiary/aromatic N) is 5. The quantitative estimate of drug-likeness (QED) is 0.168. The number of fused-ring (bicyclic) bond motifs is 8. The fraction of sp³-hybridized carbons (Fsp3) is 0.0333. The van der Waals surface area contributed by atoms with Crippen molar-refractivity contribution in [1.29, 1.82) is 0 Å². The fourth-order valence-electron chi connectivity index (χ4n) is 10.2. The molecule has 5 heteroatoms. The van der Waals surface area contributed by atoms with E-state index in [9.17, 15) is 0 Å². The van der Waals surface area contributed by atoms with Crippen molar-refractivity contribution in [1.82, 2.24) is 19.1 Å². The Morgan fingerprint density at radius 3 is 1.60 bits per heavy atom. The van der Waals surface area contributed by atoms with Gasteiger partial charge in [-0.25, -0.2) is 4.98 Å². The van der Waals surface area contributed by atoms with E-state index in [1.165, 1.54) is 60.4 Å². The average molecular weight is 832 g/mol. The Morgan fingerprint density at radius 1 is 0.400 bits per heavy atom. The van der Waals surface area contributed by atoms with Gasteiger partial charge >= 0.3 is 0 Å². The lowest BCUT2D eigenvalue weighted by Gasteiger charge is -2.27. The molecule has 0 spiro atoms. The van der Waals surface area contributed by atoms with Gasteiger partial charge in [-0.2, -0.15) is 0 Å². The Hall–Kier alpha value is -8.54. The summed E-state index contributed by atoms with van der Waals surface area (Å²) in [5, 5.41) is 5.95. The third kappa shape index (κ3) is 6.01. The Balaban J connectivity index is 0.980. The second kappa shape index (κ2) is 14.8. The summed E-state index contributed by atoms with van der Waals surface area (Å²) in [5.41, 5.74) is 19.0. The van der Waals surface area contributed by atoms with E-state index >= 15 is 0 Å². The van der Waals surface area contributed by atoms with E-state index in [4.69, 9.17) is 9.97 Å². The molecule has 4 aromatic heterocycles. The largest absolute Gasteiger partial charge is 0.370 e. The van der Waals surface area contributed by atoms with Crippen molar-refractivity contribution in [3.05, 3.63) is 230 Å². The summed E-state index contributed by atoms with van der Waals surface area (Å²) in [4.78, 5) is 12.9. The highest BCUT2D eigenvalue weighted by Gasteiger charge is 2.20. The van der Waals surface area contributed by atoms with E-state index < -0.39 is 0 Å². The standard InChI is InChI=1S/C60H41N5/c1-63-33-32-45(46-18-8-11-21-56(46)63)53-28-25-42(38-61-53)49-37-55(41-27-31-60-52(36-41)48-20-10-13-23-58(48)65(60)44-16-6-3-7-17-44)62-54-29-24-39(34-50(49)54)40-26-30-59-51(35-40)47-19-9-12-22-57(47)64(59)43-14-4-2-5-15-43/h2-32,34-38H,33H2,1H3. The molecule has 0 atom stereocenters. The van der Waals surface area contributed by atoms with E-state index in [1.807, 2.05) is 6.20 Å². The summed E-state index contributed by atoms with van der Waals surface area (Å²) >= 11 is 0. The molecule has 12 aromatic rings. The lowest BCUT2D eigenvalue weighted by molar-refractivity contribution is 1.01. The zero-order chi connectivity index (χ0) is 43.0. The maximum absolute atomic E-state index is 5.42. The number of hydrogen-bond donors (Lipinski definition) is 0. The van der Waals surface area contributed by atoms with E-state index in [2.05, 4.69) is 233 Å². The van der Waals surface area contributed by atoms with Gasteiger partial charge < -0.3 is 14.0 Å². The van der Waals surface area contributed by atoms with E-state index in [0.29, 0.717) is 0 Å². The highest BCUT2D eigenvalue weighted by atomic mass is 15.1. The van der Waals surface area contributed by atoms with Gasteiger partial charge in [-0.3, -0.25) is 4.98 Å². The van der Waals surface area contributed by atoms with Gasteiger partial charge in [0.15, 0.2) is 0 Å². The summed E-state index contributed by atoms with van der Waals surface area (Å²) in [6.07, 6.45) is 4.33. The fourth-order valence-corrected chi connectivity index (χ4v) is 10.2. The van der Waals surface area contributed by atoms with Gasteiger partial charge in [0.25, 0.3) is 0 Å². The molecule has 0 N–H and O–H groups in total. The molecule has 0 saturated heterocycles. The number of benzene rings is 8. The molecule has 8 aromatic carbocycles. The smallest absolute Gasteiger partial charge is 0.0716 e. The molecule has 1 aliphatic heterocycles. The number of likely N-dealkylation sites (N-methyl/N-ethyl adjacent to an activating group) is 1. The third-order valence-corrected chi connectivity index (χ3v) is 13.3. The Labute approximate surface area is 376 Å². The van der Waals surface area contributed by atoms with Crippen molar-refractivity contribution in [2.45, 2.75) is 0 Å². The van der Waals surface area contributed by atoms with Crippen LogP contribution in [-0.2, 0) is 0 Å². The number of pyridine rings is 2. The molecular formula is C60H41N5. The first-order valence-electron chi connectivity index (χ1n) is 22.2. The maximum Gasteiger partial charge on any atom is 0.0716 e. The first kappa shape index (κ1) is 37.1. The summed E-state index contributed by atoms with van der Waals surface area (Å²) in [6.45, 7) is 0.837. The number of para-hydroxylation sites is 5. The van der Waals surface area contributed by atoms with Gasteiger partial charge in [-0.15, -0.1) is 0 Å². The van der Waals surface area contributed by atoms with Crippen LogP contribution in [0.4, 0.5) is 5.69 Å². The molecule has 0 fully saturated rings. The first-order chi connectivity index (χ1) is 32.1. The second-order valence-corrected chi connectivity index (χ2v) is 17.1. The zero-order valence-electron chi connectivity index (χ0n) is 35.7. The van der Waals surface area contributed by atoms with Crippen LogP contribution in [0.1, 0.15) is 11.3 Å². The van der Waals surface area contributed by atoms with Crippen LogP contribution in [0, 0.1) is 0 Å². The molecule has 5 heterocycles. The second-order valence-electron chi connectivity index (χ2n) is 17.1. The first-order valence-corrected chi connectivity index (χ1v) is 22.2. The van der Waals surface area contributed by atoms with Crippen molar-refractivity contribution in [3.63, 3.8) is 0 Å². The van der Waals surface area contributed by atoms with Crippen LogP contribution in [0.25, 0.3) is 105 Å². The Bertz CT molecular complexity index is 3860. The molecule has 0 radical (unpaired) electrons. The van der Waals surface area contributed by atoms with Gasteiger partial charge in [-0.1, -0.05) is 121 Å². The third-order valence-electron chi connectivity index (χ3n) is 13.3. The van der Waals surface area contributed by atoms with Crippen LogP contribution < -0.4 is 4.90 Å². The van der Waals surface area contributed by atoms with Gasteiger partial charge in [0.05, 0.1) is 39.0 Å². The minimum absolute atomic E-state index is 0.837. The maximum atomic E-state index is 5.42. The van der Waals surface area contributed by atoms with Crippen molar-refractivity contribution in [3.8, 4) is 44.9 Å². The van der Waals surface area contributed by atoms with Crippen LogP contribution in [0.2, 0.25) is 0 Å². The minimum Gasteiger partial charge on any atom is -0.370 e. The van der Waals surface area contributed by atoms with Crippen molar-refractivity contribution < 1.29 is 0 Å². The van der Waals surface area contributed by atoms with Crippen molar-refractivity contribution in [2.75, 3.05) is 18.5 Å². The molecule has 5 nitrogen and oxygen atoms in total. The topological polar surface area (TPSA) is 38.9 Å².